The molecule has 34 heavy (non-hydrogen) atoms. The molecule has 2 unspecified atom stereocenters. The highest BCUT2D eigenvalue weighted by molar-refractivity contribution is 7.80. The molecular formula is C24H17ClN4O4S. The Balaban J connectivity index is 1.59. The van der Waals surface area contributed by atoms with Crippen molar-refractivity contribution in [2.45, 2.75) is 12.1 Å². The molecule has 3 heterocycles. The molecule has 8 nitrogen and oxygen atoms in total. The van der Waals surface area contributed by atoms with Gasteiger partial charge in [-0.05, 0) is 66.8 Å². The minimum atomic E-state index is -0.487. The number of hydrogen-bond acceptors (Lipinski definition) is 6. The first-order valence-electron chi connectivity index (χ1n) is 10.3. The van der Waals surface area contributed by atoms with Crippen LogP contribution in [0.5, 0.6) is 5.75 Å². The molecule has 0 saturated carbocycles. The maximum absolute atomic E-state index is 11.0. The number of nitrogens with one attached hydrogen (secondary N) is 1. The number of rotatable bonds is 5. The summed E-state index contributed by atoms with van der Waals surface area (Å²) in [4.78, 5) is 16.8. The van der Waals surface area contributed by atoms with Gasteiger partial charge in [0.05, 0.1) is 22.3 Å². The Bertz CT molecular complexity index is 1380. The van der Waals surface area contributed by atoms with Crippen LogP contribution in [0.15, 0.2) is 83.4 Å². The molecule has 0 bridgehead atoms. The van der Waals surface area contributed by atoms with Crippen LogP contribution in [-0.4, -0.2) is 20.1 Å². The van der Waals surface area contributed by atoms with E-state index in [0.717, 1.165) is 5.69 Å². The van der Waals surface area contributed by atoms with Crippen LogP contribution in [0.2, 0.25) is 5.02 Å². The van der Waals surface area contributed by atoms with E-state index in [9.17, 15) is 15.2 Å². The number of aromatic hydroxyl groups is 1. The molecule has 170 valence electrons. The van der Waals surface area contributed by atoms with E-state index in [1.165, 1.54) is 18.2 Å². The van der Waals surface area contributed by atoms with Crippen molar-refractivity contribution in [2.75, 3.05) is 4.90 Å². The van der Waals surface area contributed by atoms with Crippen molar-refractivity contribution >= 4 is 40.3 Å². The van der Waals surface area contributed by atoms with E-state index in [4.69, 9.17) is 28.2 Å². The van der Waals surface area contributed by atoms with Gasteiger partial charge in [-0.15, -0.1) is 0 Å². The largest absolute Gasteiger partial charge is 0.506 e. The van der Waals surface area contributed by atoms with E-state index >= 15 is 0 Å². The summed E-state index contributed by atoms with van der Waals surface area (Å²) in [6.45, 7) is 0. The molecule has 4 aromatic rings. The van der Waals surface area contributed by atoms with Gasteiger partial charge in [0.15, 0.2) is 5.11 Å². The maximum atomic E-state index is 11.0. The number of phenolic OH excluding ortho intramolecular Hbond substituents is 1. The normalized spacial score (nSPS) is 17.6. The Morgan fingerprint density at radius 3 is 2.62 bits per heavy atom. The number of hydrogen-bond donors (Lipinski definition) is 2. The zero-order valence-corrected chi connectivity index (χ0v) is 19.0. The Morgan fingerprint density at radius 1 is 1.12 bits per heavy atom. The average molecular weight is 493 g/mol. The number of anilines is 1. The lowest BCUT2D eigenvalue weighted by Crippen LogP contribution is -2.29. The van der Waals surface area contributed by atoms with Gasteiger partial charge in [0.1, 0.15) is 23.3 Å². The number of non-ortho nitro benzene ring substituents is 1. The third kappa shape index (κ3) is 3.95. The van der Waals surface area contributed by atoms with Gasteiger partial charge in [-0.1, -0.05) is 17.7 Å². The van der Waals surface area contributed by atoms with E-state index in [-0.39, 0.29) is 17.5 Å². The Kier molecular flexibility index (Phi) is 5.64. The van der Waals surface area contributed by atoms with Crippen LogP contribution in [0, 0.1) is 10.1 Å². The Labute approximate surface area is 204 Å². The third-order valence-electron chi connectivity index (χ3n) is 5.58. The highest BCUT2D eigenvalue weighted by atomic mass is 35.5. The fourth-order valence-corrected chi connectivity index (χ4v) is 4.51. The number of furan rings is 1. The SMILES string of the molecule is O=[N+]([O-])c1ccc(-c2ccc(C3C(c4ccccn4)NC(=S)N3c3cc(Cl)ccc3O)o2)cc1. The number of nitro benzene ring substituents is 1. The van der Waals surface area contributed by atoms with E-state index in [2.05, 4.69) is 10.3 Å². The number of thiocarbonyl (C=S) groups is 1. The molecular weight excluding hydrogens is 476 g/mol. The van der Waals surface area contributed by atoms with Gasteiger partial charge in [-0.2, -0.15) is 0 Å². The zero-order chi connectivity index (χ0) is 23.8. The number of halogens is 1. The van der Waals surface area contributed by atoms with Gasteiger partial charge in [0, 0.05) is 28.9 Å². The summed E-state index contributed by atoms with van der Waals surface area (Å²) in [6.07, 6.45) is 1.70. The lowest BCUT2D eigenvalue weighted by Gasteiger charge is -2.26. The van der Waals surface area contributed by atoms with Crippen LogP contribution in [0.3, 0.4) is 0 Å². The summed E-state index contributed by atoms with van der Waals surface area (Å²) in [5, 5.41) is 25.7. The standard InChI is InChI=1S/C24H17ClN4O4S/c25-15-6-9-19(30)18(13-15)28-23(22(27-24(28)34)17-3-1-2-12-26-17)21-11-10-20(33-21)14-4-7-16(8-5-14)29(31)32/h1-13,22-23,30H,(H,27,34). The summed E-state index contributed by atoms with van der Waals surface area (Å²) in [5.74, 6) is 1.12. The minimum Gasteiger partial charge on any atom is -0.506 e. The fraction of sp³-hybridized carbons (Fsp3) is 0.0833. The van der Waals surface area contributed by atoms with Crippen molar-refractivity contribution < 1.29 is 14.4 Å². The number of nitrogens with zero attached hydrogens (tertiary/aromatic N) is 3. The van der Waals surface area contributed by atoms with E-state index in [1.807, 2.05) is 24.3 Å². The molecule has 1 fully saturated rings. The molecule has 5 rings (SSSR count). The molecule has 10 heteroatoms. The molecule has 1 saturated heterocycles. The third-order valence-corrected chi connectivity index (χ3v) is 6.13. The fourth-order valence-electron chi connectivity index (χ4n) is 4.01. The first-order valence-corrected chi connectivity index (χ1v) is 11.0. The molecule has 0 radical (unpaired) electrons. The highest BCUT2D eigenvalue weighted by Crippen LogP contribution is 2.45. The number of aromatic nitrogens is 1. The van der Waals surface area contributed by atoms with Gasteiger partial charge in [-0.25, -0.2) is 0 Å². The average Bonchev–Trinajstić information content (AvgIpc) is 3.46. The molecule has 0 aliphatic carbocycles. The van der Waals surface area contributed by atoms with Crippen LogP contribution >= 0.6 is 23.8 Å². The smallest absolute Gasteiger partial charge is 0.269 e. The van der Waals surface area contributed by atoms with Crippen LogP contribution in [0.1, 0.15) is 23.5 Å². The molecule has 1 aliphatic rings. The molecule has 0 spiro atoms. The van der Waals surface area contributed by atoms with Gasteiger partial charge < -0.3 is 19.7 Å². The minimum absolute atomic E-state index is 0.00121. The van der Waals surface area contributed by atoms with Crippen molar-refractivity contribution in [1.29, 1.82) is 0 Å². The number of benzene rings is 2. The number of phenols is 1. The van der Waals surface area contributed by atoms with Crippen molar-refractivity contribution in [3.05, 3.63) is 106 Å². The van der Waals surface area contributed by atoms with Crippen molar-refractivity contribution in [3.8, 4) is 17.1 Å². The van der Waals surface area contributed by atoms with Gasteiger partial charge >= 0.3 is 0 Å². The first-order chi connectivity index (χ1) is 16.4. The van der Waals surface area contributed by atoms with E-state index < -0.39 is 11.0 Å². The first kappa shape index (κ1) is 21.9. The van der Waals surface area contributed by atoms with Gasteiger partial charge in [-0.3, -0.25) is 15.1 Å². The summed E-state index contributed by atoms with van der Waals surface area (Å²) in [5.41, 5.74) is 1.87. The van der Waals surface area contributed by atoms with E-state index in [1.54, 1.807) is 41.4 Å². The number of nitro groups is 1. The molecule has 1 aliphatic heterocycles. The Hall–Kier alpha value is -3.95. The predicted octanol–water partition coefficient (Wildman–Crippen LogP) is 5.79. The predicted molar refractivity (Wildman–Crippen MR) is 132 cm³/mol. The van der Waals surface area contributed by atoms with Crippen LogP contribution in [-0.2, 0) is 0 Å². The van der Waals surface area contributed by atoms with Gasteiger partial charge in [0.25, 0.3) is 5.69 Å². The topological polar surface area (TPSA) is 105 Å². The van der Waals surface area contributed by atoms with Crippen LogP contribution in [0.4, 0.5) is 11.4 Å². The van der Waals surface area contributed by atoms with Crippen LogP contribution < -0.4 is 10.2 Å². The monoisotopic (exact) mass is 492 g/mol. The zero-order valence-electron chi connectivity index (χ0n) is 17.5. The lowest BCUT2D eigenvalue weighted by molar-refractivity contribution is -0.384. The van der Waals surface area contributed by atoms with Crippen molar-refractivity contribution in [2.24, 2.45) is 0 Å². The van der Waals surface area contributed by atoms with Gasteiger partial charge in [0.2, 0.25) is 0 Å². The quantitative estimate of drug-likeness (QED) is 0.205. The Morgan fingerprint density at radius 2 is 1.91 bits per heavy atom. The number of pyridine rings is 1. The summed E-state index contributed by atoms with van der Waals surface area (Å²) >= 11 is 11.9. The lowest BCUT2D eigenvalue weighted by atomic mass is 10.0. The second-order valence-corrected chi connectivity index (χ2v) is 8.46. The van der Waals surface area contributed by atoms with E-state index in [0.29, 0.717) is 32.9 Å². The summed E-state index contributed by atoms with van der Waals surface area (Å²) < 4.78 is 6.22. The van der Waals surface area contributed by atoms with Crippen molar-refractivity contribution in [1.82, 2.24) is 10.3 Å². The molecule has 2 atom stereocenters. The summed E-state index contributed by atoms with van der Waals surface area (Å²) in [6, 6.07) is 19.2. The molecule has 2 N–H and O–H groups in total. The molecule has 2 aromatic heterocycles. The summed E-state index contributed by atoms with van der Waals surface area (Å²) in [7, 11) is 0. The van der Waals surface area contributed by atoms with Crippen LogP contribution in [0.25, 0.3) is 11.3 Å². The second kappa shape index (κ2) is 8.77. The highest BCUT2D eigenvalue weighted by Gasteiger charge is 2.43. The molecule has 0 amide bonds. The second-order valence-electron chi connectivity index (χ2n) is 7.64. The molecule has 2 aromatic carbocycles. The maximum Gasteiger partial charge on any atom is 0.269 e. The van der Waals surface area contributed by atoms with Crippen molar-refractivity contribution in [3.63, 3.8) is 0 Å².